The number of halogens is 1. The summed E-state index contributed by atoms with van der Waals surface area (Å²) in [6.45, 7) is 8.90. The average Bonchev–Trinajstić information content (AvgIpc) is 2.99. The lowest BCUT2D eigenvalue weighted by Gasteiger charge is -2.35. The summed E-state index contributed by atoms with van der Waals surface area (Å²) >= 11 is 0. The van der Waals surface area contributed by atoms with Gasteiger partial charge in [-0.2, -0.15) is 0 Å². The number of nitrogens with zero attached hydrogens (tertiary/aromatic N) is 2. The summed E-state index contributed by atoms with van der Waals surface area (Å²) in [7, 11) is 3.12. The number of methoxy groups -OCH3 is 1. The number of rotatable bonds is 5. The summed E-state index contributed by atoms with van der Waals surface area (Å²) in [5, 5.41) is 6.71. The zero-order valence-corrected chi connectivity index (χ0v) is 18.6. The van der Waals surface area contributed by atoms with Crippen LogP contribution < -0.4 is 10.6 Å². The highest BCUT2D eigenvalue weighted by Gasteiger charge is 2.21. The van der Waals surface area contributed by atoms with Gasteiger partial charge in [0.2, 0.25) is 0 Å². The number of nitrogens with one attached hydrogen (secondary N) is 2. The third kappa shape index (κ3) is 6.15. The van der Waals surface area contributed by atoms with Crippen molar-refractivity contribution in [2.45, 2.75) is 52.2 Å². The van der Waals surface area contributed by atoms with Gasteiger partial charge < -0.3 is 24.7 Å². The van der Waals surface area contributed by atoms with Gasteiger partial charge in [-0.25, -0.2) is 4.79 Å². The van der Waals surface area contributed by atoms with Gasteiger partial charge in [-0.05, 0) is 39.7 Å². The minimum Gasteiger partial charge on any atom is -0.465 e. The molecule has 0 aliphatic carbocycles. The summed E-state index contributed by atoms with van der Waals surface area (Å²) in [4.78, 5) is 18.4. The quantitative estimate of drug-likeness (QED) is 0.293. The van der Waals surface area contributed by atoms with Gasteiger partial charge >= 0.3 is 5.97 Å². The first-order valence-electron chi connectivity index (χ1n) is 8.83. The lowest BCUT2D eigenvalue weighted by atomic mass is 10.0. The number of carbonyl (C=O) groups is 1. The van der Waals surface area contributed by atoms with Crippen LogP contribution in [0.5, 0.6) is 0 Å². The van der Waals surface area contributed by atoms with Crippen LogP contribution in [0.2, 0.25) is 0 Å². The van der Waals surface area contributed by atoms with E-state index in [1.165, 1.54) is 7.11 Å². The van der Waals surface area contributed by atoms with E-state index in [0.29, 0.717) is 35.7 Å². The Morgan fingerprint density at radius 1 is 1.42 bits per heavy atom. The molecule has 0 unspecified atom stereocenters. The number of ether oxygens (including phenoxy) is 1. The van der Waals surface area contributed by atoms with E-state index >= 15 is 0 Å². The van der Waals surface area contributed by atoms with E-state index in [0.717, 1.165) is 31.9 Å². The molecule has 7 nitrogen and oxygen atoms in total. The highest BCUT2D eigenvalue weighted by atomic mass is 127. The maximum Gasteiger partial charge on any atom is 0.341 e. The number of furan rings is 1. The molecule has 0 amide bonds. The molecule has 1 aromatic rings. The molecule has 0 spiro atoms. The van der Waals surface area contributed by atoms with Crippen LogP contribution in [-0.2, 0) is 11.3 Å². The van der Waals surface area contributed by atoms with Gasteiger partial charge in [0, 0.05) is 32.2 Å². The van der Waals surface area contributed by atoms with Crippen LogP contribution >= 0.6 is 24.0 Å². The lowest BCUT2D eigenvalue weighted by Crippen LogP contribution is -2.49. The van der Waals surface area contributed by atoms with E-state index in [4.69, 9.17) is 9.15 Å². The normalized spacial score (nSPS) is 16.3. The zero-order valence-electron chi connectivity index (χ0n) is 16.3. The SMILES string of the molecule is CN=C(NCc1cc(C(=O)OC)c(C)o1)NC1CCN(C(C)C)CC1.I. The van der Waals surface area contributed by atoms with Crippen LogP contribution in [0, 0.1) is 6.92 Å². The number of esters is 1. The molecule has 2 N–H and O–H groups in total. The number of guanidine groups is 1. The van der Waals surface area contributed by atoms with Crippen LogP contribution in [0.3, 0.4) is 0 Å². The van der Waals surface area contributed by atoms with Crippen molar-refractivity contribution in [1.29, 1.82) is 0 Å². The molecule has 0 aromatic carbocycles. The van der Waals surface area contributed by atoms with Crippen LogP contribution in [-0.4, -0.2) is 56.2 Å². The molecular weight excluding hydrogens is 447 g/mol. The molecule has 1 fully saturated rings. The summed E-state index contributed by atoms with van der Waals surface area (Å²) in [5.74, 6) is 1.60. The first kappa shape index (κ1) is 22.8. The van der Waals surface area contributed by atoms with Gasteiger partial charge in [-0.1, -0.05) is 0 Å². The topological polar surface area (TPSA) is 79.1 Å². The van der Waals surface area contributed by atoms with Crippen molar-refractivity contribution in [3.05, 3.63) is 23.2 Å². The van der Waals surface area contributed by atoms with Gasteiger partial charge in [0.05, 0.1) is 13.7 Å². The number of piperidine rings is 1. The average molecular weight is 478 g/mol. The highest BCUT2D eigenvalue weighted by molar-refractivity contribution is 14.0. The molecule has 1 aromatic heterocycles. The number of hydrogen-bond donors (Lipinski definition) is 2. The zero-order chi connectivity index (χ0) is 18.4. The molecule has 1 aliphatic heterocycles. The Morgan fingerprint density at radius 2 is 2.08 bits per heavy atom. The smallest absolute Gasteiger partial charge is 0.341 e. The first-order chi connectivity index (χ1) is 11.9. The van der Waals surface area contributed by atoms with Crippen molar-refractivity contribution >= 4 is 35.9 Å². The van der Waals surface area contributed by atoms with Gasteiger partial charge in [0.1, 0.15) is 17.1 Å². The number of hydrogen-bond acceptors (Lipinski definition) is 5. The number of carbonyl (C=O) groups excluding carboxylic acids is 1. The number of aliphatic imine (C=N–C) groups is 1. The maximum absolute atomic E-state index is 11.6. The summed E-state index contributed by atoms with van der Waals surface area (Å²) < 4.78 is 10.4. The van der Waals surface area contributed by atoms with E-state index in [1.54, 1.807) is 20.0 Å². The molecule has 0 radical (unpaired) electrons. The van der Waals surface area contributed by atoms with E-state index in [9.17, 15) is 4.79 Å². The maximum atomic E-state index is 11.6. The Morgan fingerprint density at radius 3 is 2.62 bits per heavy atom. The van der Waals surface area contributed by atoms with Crippen LogP contribution in [0.4, 0.5) is 0 Å². The lowest BCUT2D eigenvalue weighted by molar-refractivity contribution is 0.0599. The Kier molecular flexibility index (Phi) is 9.42. The standard InChI is InChI=1S/C18H30N4O3.HI/c1-12(2)22-8-6-14(7-9-22)21-18(19-4)20-11-15-10-16(13(3)25-15)17(23)24-5;/h10,12,14H,6-9,11H2,1-5H3,(H2,19,20,21);1H. The summed E-state index contributed by atoms with van der Waals surface area (Å²) in [5.41, 5.74) is 0.461. The van der Waals surface area contributed by atoms with Crippen molar-refractivity contribution < 1.29 is 13.9 Å². The van der Waals surface area contributed by atoms with E-state index < -0.39 is 0 Å². The second-order valence-electron chi connectivity index (χ2n) is 6.65. The predicted molar refractivity (Wildman–Crippen MR) is 113 cm³/mol. The summed E-state index contributed by atoms with van der Waals surface area (Å²) in [6.07, 6.45) is 2.20. The van der Waals surface area contributed by atoms with Gasteiger partial charge in [0.15, 0.2) is 5.96 Å². The largest absolute Gasteiger partial charge is 0.465 e. The number of likely N-dealkylation sites (tertiary alicyclic amines) is 1. The minimum atomic E-state index is -0.382. The fourth-order valence-corrected chi connectivity index (χ4v) is 3.06. The van der Waals surface area contributed by atoms with Crippen LogP contribution in [0.15, 0.2) is 15.5 Å². The Hall–Kier alpha value is -1.29. The monoisotopic (exact) mass is 478 g/mol. The summed E-state index contributed by atoms with van der Waals surface area (Å²) in [6, 6.07) is 2.73. The fourth-order valence-electron chi connectivity index (χ4n) is 3.06. The Balaban J connectivity index is 0.00000338. The molecule has 0 saturated carbocycles. The third-order valence-corrected chi connectivity index (χ3v) is 4.63. The molecule has 8 heteroatoms. The molecule has 0 bridgehead atoms. The predicted octanol–water partition coefficient (Wildman–Crippen LogP) is 2.53. The molecular formula is C18H31IN4O3. The van der Waals surface area contributed by atoms with Crippen LogP contribution in [0.25, 0.3) is 0 Å². The molecule has 0 atom stereocenters. The highest BCUT2D eigenvalue weighted by Crippen LogP contribution is 2.16. The molecule has 1 saturated heterocycles. The Bertz CT molecular complexity index is 608. The Labute approximate surface area is 173 Å². The van der Waals surface area contributed by atoms with Gasteiger partial charge in [-0.3, -0.25) is 4.99 Å². The van der Waals surface area contributed by atoms with Gasteiger partial charge in [-0.15, -0.1) is 24.0 Å². The molecule has 148 valence electrons. The second kappa shape index (κ2) is 10.8. The van der Waals surface area contributed by atoms with Crippen molar-refractivity contribution in [2.75, 3.05) is 27.2 Å². The number of aryl methyl sites for hydroxylation is 1. The van der Waals surface area contributed by atoms with E-state index in [1.807, 2.05) is 0 Å². The molecule has 2 rings (SSSR count). The molecule has 26 heavy (non-hydrogen) atoms. The van der Waals surface area contributed by atoms with Crippen molar-refractivity contribution in [3.8, 4) is 0 Å². The van der Waals surface area contributed by atoms with Crippen molar-refractivity contribution in [3.63, 3.8) is 0 Å². The van der Waals surface area contributed by atoms with Gasteiger partial charge in [0.25, 0.3) is 0 Å². The van der Waals surface area contributed by atoms with Crippen molar-refractivity contribution in [2.24, 2.45) is 4.99 Å². The van der Waals surface area contributed by atoms with E-state index in [-0.39, 0.29) is 29.9 Å². The molecule has 2 heterocycles. The fraction of sp³-hybridized carbons (Fsp3) is 0.667. The second-order valence-corrected chi connectivity index (χ2v) is 6.65. The van der Waals surface area contributed by atoms with Crippen LogP contribution in [0.1, 0.15) is 48.6 Å². The van der Waals surface area contributed by atoms with Crippen molar-refractivity contribution in [1.82, 2.24) is 15.5 Å². The van der Waals surface area contributed by atoms with E-state index in [2.05, 4.69) is 34.4 Å². The first-order valence-corrected chi connectivity index (χ1v) is 8.83. The molecule has 1 aliphatic rings. The third-order valence-electron chi connectivity index (χ3n) is 4.63. The minimum absolute atomic E-state index is 0.